The van der Waals surface area contributed by atoms with Crippen molar-refractivity contribution in [2.45, 2.75) is 177 Å². The second kappa shape index (κ2) is 16.6. The molecule has 0 aliphatic heterocycles. The summed E-state index contributed by atoms with van der Waals surface area (Å²) in [6, 6.07) is 0. The molecule has 0 aromatic rings. The van der Waals surface area contributed by atoms with Gasteiger partial charge < -0.3 is 0 Å². The summed E-state index contributed by atoms with van der Waals surface area (Å²) in [6.45, 7) is 19.1. The van der Waals surface area contributed by atoms with E-state index in [4.69, 9.17) is 0 Å². The fourth-order valence-electron chi connectivity index (χ4n) is 6.94. The Hall–Kier alpha value is 0. The van der Waals surface area contributed by atoms with Crippen LogP contribution < -0.4 is 0 Å². The molecule has 0 aromatic heterocycles. The van der Waals surface area contributed by atoms with Gasteiger partial charge in [0.1, 0.15) is 0 Å². The van der Waals surface area contributed by atoms with Gasteiger partial charge in [0.2, 0.25) is 0 Å². The van der Waals surface area contributed by atoms with Crippen molar-refractivity contribution < 1.29 is 0 Å². The molecule has 1 fully saturated rings. The van der Waals surface area contributed by atoms with Gasteiger partial charge >= 0.3 is 0 Å². The molecule has 1 aliphatic rings. The molecule has 0 N–H and O–H groups in total. The number of rotatable bonds is 15. The molecule has 182 valence electrons. The monoisotopic (exact) mass is 422 g/mol. The van der Waals surface area contributed by atoms with Gasteiger partial charge in [0.15, 0.2) is 0 Å². The Kier molecular flexibility index (Phi) is 16.6. The third kappa shape index (κ3) is 8.16. The molecule has 1 saturated carbocycles. The Morgan fingerprint density at radius 1 is 0.500 bits per heavy atom. The van der Waals surface area contributed by atoms with Crippen molar-refractivity contribution in [3.63, 3.8) is 0 Å². The number of hydrogen-bond donors (Lipinski definition) is 0. The van der Waals surface area contributed by atoms with E-state index in [1.165, 1.54) is 122 Å². The van der Waals surface area contributed by atoms with Crippen molar-refractivity contribution >= 4 is 0 Å². The van der Waals surface area contributed by atoms with E-state index in [0.717, 1.165) is 0 Å². The van der Waals surface area contributed by atoms with E-state index in [-0.39, 0.29) is 0 Å². The van der Waals surface area contributed by atoms with Crippen LogP contribution in [0.3, 0.4) is 0 Å². The molecule has 0 saturated heterocycles. The van der Waals surface area contributed by atoms with Gasteiger partial charge in [-0.05, 0) is 54.8 Å². The quantitative estimate of drug-likeness (QED) is 0.182. The summed E-state index contributed by atoms with van der Waals surface area (Å²) in [5.41, 5.74) is 1.65. The largest absolute Gasteiger partial charge is 0.0683 e. The van der Waals surface area contributed by atoms with E-state index >= 15 is 0 Å². The van der Waals surface area contributed by atoms with Crippen LogP contribution in [0, 0.1) is 16.2 Å². The molecule has 0 heteroatoms. The lowest BCUT2D eigenvalue weighted by molar-refractivity contribution is -0.108. The summed E-state index contributed by atoms with van der Waals surface area (Å²) in [5, 5.41) is 0. The van der Waals surface area contributed by atoms with Crippen LogP contribution in [0.1, 0.15) is 177 Å². The van der Waals surface area contributed by atoms with Gasteiger partial charge in [0, 0.05) is 0 Å². The third-order valence-corrected chi connectivity index (χ3v) is 8.85. The van der Waals surface area contributed by atoms with Gasteiger partial charge in [-0.3, -0.25) is 0 Å². The van der Waals surface area contributed by atoms with Crippen LogP contribution in [0.5, 0.6) is 0 Å². The minimum Gasteiger partial charge on any atom is -0.0683 e. The van der Waals surface area contributed by atoms with Crippen molar-refractivity contribution in [1.82, 2.24) is 0 Å². The highest BCUT2D eigenvalue weighted by Crippen LogP contribution is 2.65. The second-order valence-corrected chi connectivity index (χ2v) is 10.9. The van der Waals surface area contributed by atoms with E-state index in [2.05, 4.69) is 41.5 Å². The molecule has 1 aliphatic carbocycles. The molecule has 0 spiro atoms. The topological polar surface area (TPSA) is 0 Å². The number of hydrogen-bond acceptors (Lipinski definition) is 0. The lowest BCUT2D eigenvalue weighted by atomic mass is 9.44. The molecule has 30 heavy (non-hydrogen) atoms. The summed E-state index contributed by atoms with van der Waals surface area (Å²) in [4.78, 5) is 0. The van der Waals surface area contributed by atoms with E-state index in [9.17, 15) is 0 Å². The molecular formula is C30H62. The molecule has 1 atom stereocenters. The van der Waals surface area contributed by atoms with Crippen molar-refractivity contribution in [2.75, 3.05) is 0 Å². The molecule has 0 aromatic carbocycles. The molecule has 1 unspecified atom stereocenters. The Morgan fingerprint density at radius 3 is 1.17 bits per heavy atom. The molecular weight excluding hydrogens is 360 g/mol. The first kappa shape index (κ1) is 30.0. The SMILES string of the molecule is CC.CCCCCC(C)(CCCC)C1(C(C)(CCCC)CCCC)CCCCCC1. The zero-order valence-corrected chi connectivity index (χ0v) is 22.9. The van der Waals surface area contributed by atoms with Crippen molar-refractivity contribution in [1.29, 1.82) is 0 Å². The van der Waals surface area contributed by atoms with Gasteiger partial charge in [-0.15, -0.1) is 0 Å². The molecule has 1 rings (SSSR count). The highest BCUT2D eigenvalue weighted by atomic mass is 14.6. The molecule has 0 nitrogen and oxygen atoms in total. The maximum absolute atomic E-state index is 2.76. The van der Waals surface area contributed by atoms with E-state index in [1.54, 1.807) is 0 Å². The van der Waals surface area contributed by atoms with Gasteiger partial charge in [-0.2, -0.15) is 0 Å². The summed E-state index contributed by atoms with van der Waals surface area (Å²) >= 11 is 0. The Balaban J connectivity index is 0.00000407. The normalized spacial score (nSPS) is 18.8. The summed E-state index contributed by atoms with van der Waals surface area (Å²) < 4.78 is 0. The minimum atomic E-state index is 0.540. The highest BCUT2D eigenvalue weighted by Gasteiger charge is 2.56. The predicted molar refractivity (Wildman–Crippen MR) is 140 cm³/mol. The first-order valence-corrected chi connectivity index (χ1v) is 14.4. The Bertz CT molecular complexity index is 365. The van der Waals surface area contributed by atoms with E-state index in [0.29, 0.717) is 16.2 Å². The lowest BCUT2D eigenvalue weighted by Crippen LogP contribution is -2.51. The zero-order chi connectivity index (χ0) is 22.9. The van der Waals surface area contributed by atoms with Crippen LogP contribution in [0.25, 0.3) is 0 Å². The van der Waals surface area contributed by atoms with Crippen LogP contribution >= 0.6 is 0 Å². The first-order chi connectivity index (χ1) is 14.4. The van der Waals surface area contributed by atoms with Gasteiger partial charge in [0.25, 0.3) is 0 Å². The van der Waals surface area contributed by atoms with Crippen LogP contribution in [0.4, 0.5) is 0 Å². The van der Waals surface area contributed by atoms with Crippen molar-refractivity contribution in [3.05, 3.63) is 0 Å². The number of unbranched alkanes of at least 4 members (excludes halogenated alkanes) is 5. The minimum absolute atomic E-state index is 0.540. The second-order valence-electron chi connectivity index (χ2n) is 10.9. The first-order valence-electron chi connectivity index (χ1n) is 14.4. The van der Waals surface area contributed by atoms with Gasteiger partial charge in [-0.25, -0.2) is 0 Å². The molecule has 0 amide bonds. The third-order valence-electron chi connectivity index (χ3n) is 8.85. The van der Waals surface area contributed by atoms with E-state index in [1.807, 2.05) is 13.8 Å². The zero-order valence-electron chi connectivity index (χ0n) is 22.9. The predicted octanol–water partition coefficient (Wildman–Crippen LogP) is 11.5. The van der Waals surface area contributed by atoms with Gasteiger partial charge in [-0.1, -0.05) is 139 Å². The van der Waals surface area contributed by atoms with E-state index < -0.39 is 0 Å². The lowest BCUT2D eigenvalue weighted by Gasteiger charge is -2.60. The summed E-state index contributed by atoms with van der Waals surface area (Å²) in [6.07, 6.45) is 27.5. The standard InChI is InChI=1S/C28H56.C2H6/c1-7-11-17-23-27(6,22-14-10-4)28(24-18-15-16-19-25-28)26(5,20-12-8-2)21-13-9-3;1-2/h7-25H2,1-6H3;1-2H3. The smallest absolute Gasteiger partial charge is 0.0190 e. The average molecular weight is 423 g/mol. The molecule has 0 bridgehead atoms. The average Bonchev–Trinajstić information content (AvgIpc) is 3.04. The van der Waals surface area contributed by atoms with Crippen LogP contribution in [-0.2, 0) is 0 Å². The summed E-state index contributed by atoms with van der Waals surface area (Å²) in [7, 11) is 0. The van der Waals surface area contributed by atoms with Crippen molar-refractivity contribution in [3.8, 4) is 0 Å². The van der Waals surface area contributed by atoms with Gasteiger partial charge in [0.05, 0.1) is 0 Å². The summed E-state index contributed by atoms with van der Waals surface area (Å²) in [5.74, 6) is 0. The Labute approximate surface area is 193 Å². The molecule has 0 radical (unpaired) electrons. The fourth-order valence-corrected chi connectivity index (χ4v) is 6.94. The molecule has 0 heterocycles. The fraction of sp³-hybridized carbons (Fsp3) is 1.00. The highest BCUT2D eigenvalue weighted by molar-refractivity contribution is 5.05. The van der Waals surface area contributed by atoms with Crippen LogP contribution in [0.15, 0.2) is 0 Å². The Morgan fingerprint density at radius 2 is 0.833 bits per heavy atom. The maximum atomic E-state index is 2.76. The van der Waals surface area contributed by atoms with Crippen LogP contribution in [-0.4, -0.2) is 0 Å². The van der Waals surface area contributed by atoms with Crippen LogP contribution in [0.2, 0.25) is 0 Å². The van der Waals surface area contributed by atoms with Crippen molar-refractivity contribution in [2.24, 2.45) is 16.2 Å². The maximum Gasteiger partial charge on any atom is -0.0190 e.